The first-order chi connectivity index (χ1) is 7.34. The Morgan fingerprint density at radius 2 is 2.12 bits per heavy atom. The van der Waals surface area contributed by atoms with Crippen molar-refractivity contribution in [3.8, 4) is 0 Å². The van der Waals surface area contributed by atoms with Gasteiger partial charge < -0.3 is 5.11 Å². The Hall–Kier alpha value is -2.19. The number of pyridine rings is 1. The van der Waals surface area contributed by atoms with Crippen molar-refractivity contribution < 1.29 is 28.0 Å². The summed E-state index contributed by atoms with van der Waals surface area (Å²) in [7, 11) is 0. The third-order valence-corrected chi connectivity index (χ3v) is 1.62. The minimum atomic E-state index is -3.36. The SMILES string of the molecule is O=C(O)c1cc(C(F)F)c([N+](=O)[O-])c(F)n1. The Morgan fingerprint density at radius 1 is 1.56 bits per heavy atom. The Kier molecular flexibility index (Phi) is 3.06. The van der Waals surface area contributed by atoms with Crippen molar-refractivity contribution in [1.29, 1.82) is 0 Å². The number of aromatic carboxylic acids is 1. The van der Waals surface area contributed by atoms with E-state index in [-0.39, 0.29) is 6.07 Å². The third kappa shape index (κ3) is 2.07. The second-order valence-corrected chi connectivity index (χ2v) is 2.60. The van der Waals surface area contributed by atoms with E-state index in [1.54, 1.807) is 0 Å². The van der Waals surface area contributed by atoms with E-state index in [0.717, 1.165) is 0 Å². The monoisotopic (exact) mass is 236 g/mol. The van der Waals surface area contributed by atoms with E-state index in [4.69, 9.17) is 5.11 Å². The first-order valence-corrected chi connectivity index (χ1v) is 3.71. The van der Waals surface area contributed by atoms with Crippen LogP contribution in [0.25, 0.3) is 0 Å². The Morgan fingerprint density at radius 3 is 2.50 bits per heavy atom. The van der Waals surface area contributed by atoms with E-state index >= 15 is 0 Å². The van der Waals surface area contributed by atoms with Gasteiger partial charge in [-0.15, -0.1) is 0 Å². The molecule has 9 heteroatoms. The van der Waals surface area contributed by atoms with Crippen molar-refractivity contribution >= 4 is 11.7 Å². The predicted octanol–water partition coefficient (Wildman–Crippen LogP) is 1.76. The lowest BCUT2D eigenvalue weighted by atomic mass is 10.2. The smallest absolute Gasteiger partial charge is 0.354 e. The molecule has 0 spiro atoms. The minimum Gasteiger partial charge on any atom is -0.477 e. The van der Waals surface area contributed by atoms with Gasteiger partial charge >= 0.3 is 11.7 Å². The maximum Gasteiger partial charge on any atom is 0.354 e. The number of nitrogens with zero attached hydrogens (tertiary/aromatic N) is 2. The van der Waals surface area contributed by atoms with Crippen molar-refractivity contribution in [2.45, 2.75) is 6.43 Å². The standard InChI is InChI=1S/C7H3F3N2O4/c8-5(9)2-1-3(7(13)14)11-6(10)4(2)12(15)16/h1,5H,(H,13,14). The number of nitro groups is 1. The number of aromatic nitrogens is 1. The van der Waals surface area contributed by atoms with Crippen molar-refractivity contribution in [2.75, 3.05) is 0 Å². The summed E-state index contributed by atoms with van der Waals surface area (Å²) >= 11 is 0. The molecule has 1 N–H and O–H groups in total. The molecule has 1 aromatic rings. The highest BCUT2D eigenvalue weighted by Crippen LogP contribution is 2.30. The van der Waals surface area contributed by atoms with Crippen LogP contribution in [0.4, 0.5) is 18.9 Å². The number of alkyl halides is 2. The van der Waals surface area contributed by atoms with Gasteiger partial charge in [-0.1, -0.05) is 0 Å². The van der Waals surface area contributed by atoms with Gasteiger partial charge in [0.05, 0.1) is 4.92 Å². The Labute approximate surface area is 85.5 Å². The second-order valence-electron chi connectivity index (χ2n) is 2.60. The largest absolute Gasteiger partial charge is 0.477 e. The van der Waals surface area contributed by atoms with Gasteiger partial charge in [0, 0.05) is 0 Å². The van der Waals surface area contributed by atoms with Crippen LogP contribution >= 0.6 is 0 Å². The minimum absolute atomic E-state index is 0.272. The molecule has 0 unspecified atom stereocenters. The molecule has 0 aromatic carbocycles. The van der Waals surface area contributed by atoms with Crippen molar-refractivity contribution in [3.05, 3.63) is 33.4 Å². The van der Waals surface area contributed by atoms with E-state index in [1.807, 2.05) is 0 Å². The molecule has 1 rings (SSSR count). The fourth-order valence-corrected chi connectivity index (χ4v) is 0.982. The number of hydrogen-bond acceptors (Lipinski definition) is 4. The number of carboxylic acid groups (broad SMARTS) is 1. The van der Waals surface area contributed by atoms with Gasteiger partial charge in [-0.2, -0.15) is 4.39 Å². The summed E-state index contributed by atoms with van der Waals surface area (Å²) in [5.74, 6) is -3.60. The highest BCUT2D eigenvalue weighted by molar-refractivity contribution is 5.85. The number of halogens is 3. The third-order valence-electron chi connectivity index (χ3n) is 1.62. The lowest BCUT2D eigenvalue weighted by Gasteiger charge is -2.03. The highest BCUT2D eigenvalue weighted by Gasteiger charge is 2.29. The van der Waals surface area contributed by atoms with Crippen LogP contribution in [0.2, 0.25) is 0 Å². The van der Waals surface area contributed by atoms with Crippen LogP contribution in [0.15, 0.2) is 6.07 Å². The van der Waals surface area contributed by atoms with Crippen LogP contribution in [-0.2, 0) is 0 Å². The van der Waals surface area contributed by atoms with Gasteiger partial charge in [0.15, 0.2) is 5.69 Å². The summed E-state index contributed by atoms with van der Waals surface area (Å²) in [6.45, 7) is 0. The highest BCUT2D eigenvalue weighted by atomic mass is 19.3. The Balaban J connectivity index is 3.51. The maximum absolute atomic E-state index is 12.9. The number of carbonyl (C=O) groups is 1. The van der Waals surface area contributed by atoms with E-state index in [2.05, 4.69) is 4.98 Å². The summed E-state index contributed by atoms with van der Waals surface area (Å²) in [6, 6.07) is 0.272. The van der Waals surface area contributed by atoms with Crippen LogP contribution in [0.3, 0.4) is 0 Å². The van der Waals surface area contributed by atoms with Gasteiger partial charge in [0.25, 0.3) is 12.4 Å². The molecule has 6 nitrogen and oxygen atoms in total. The van der Waals surface area contributed by atoms with Crippen LogP contribution < -0.4 is 0 Å². The molecular formula is C7H3F3N2O4. The van der Waals surface area contributed by atoms with E-state index in [1.165, 1.54) is 0 Å². The summed E-state index contributed by atoms with van der Waals surface area (Å²) < 4.78 is 37.6. The molecule has 1 aromatic heterocycles. The van der Waals surface area contributed by atoms with Gasteiger partial charge in [0.2, 0.25) is 0 Å². The molecular weight excluding hydrogens is 233 g/mol. The average Bonchev–Trinajstić information content (AvgIpc) is 2.15. The van der Waals surface area contributed by atoms with E-state index < -0.39 is 40.2 Å². The van der Waals surface area contributed by atoms with Crippen molar-refractivity contribution in [3.63, 3.8) is 0 Å². The maximum atomic E-state index is 12.9. The van der Waals surface area contributed by atoms with Crippen LogP contribution in [0, 0.1) is 16.1 Å². The molecule has 0 aliphatic rings. The molecule has 0 aliphatic heterocycles. The van der Waals surface area contributed by atoms with Crippen LogP contribution in [-0.4, -0.2) is 21.0 Å². The van der Waals surface area contributed by atoms with E-state index in [9.17, 15) is 28.1 Å². The normalized spacial score (nSPS) is 10.5. The molecule has 16 heavy (non-hydrogen) atoms. The fraction of sp³-hybridized carbons (Fsp3) is 0.143. The van der Waals surface area contributed by atoms with Gasteiger partial charge in [0.1, 0.15) is 5.56 Å². The summed E-state index contributed by atoms with van der Waals surface area (Å²) in [6.07, 6.45) is -3.36. The summed E-state index contributed by atoms with van der Waals surface area (Å²) in [5, 5.41) is 18.7. The lowest BCUT2D eigenvalue weighted by molar-refractivity contribution is -0.389. The molecule has 0 fully saturated rings. The molecule has 0 bridgehead atoms. The zero-order valence-electron chi connectivity index (χ0n) is 7.35. The first kappa shape index (κ1) is 11.9. The molecule has 86 valence electrons. The predicted molar refractivity (Wildman–Crippen MR) is 42.8 cm³/mol. The van der Waals surface area contributed by atoms with E-state index in [0.29, 0.717) is 0 Å². The molecule has 0 saturated heterocycles. The number of rotatable bonds is 3. The Bertz CT molecular complexity index is 463. The van der Waals surface area contributed by atoms with Crippen LogP contribution in [0.1, 0.15) is 22.5 Å². The average molecular weight is 236 g/mol. The van der Waals surface area contributed by atoms with Gasteiger partial charge in [-0.05, 0) is 6.07 Å². The molecule has 1 heterocycles. The molecule has 0 aliphatic carbocycles. The molecule has 0 radical (unpaired) electrons. The van der Waals surface area contributed by atoms with Crippen LogP contribution in [0.5, 0.6) is 0 Å². The lowest BCUT2D eigenvalue weighted by Crippen LogP contribution is -2.08. The quantitative estimate of drug-likeness (QED) is 0.490. The summed E-state index contributed by atoms with van der Waals surface area (Å²) in [4.78, 5) is 22.0. The molecule has 0 amide bonds. The van der Waals surface area contributed by atoms with Gasteiger partial charge in [-0.3, -0.25) is 10.1 Å². The first-order valence-electron chi connectivity index (χ1n) is 3.71. The summed E-state index contributed by atoms with van der Waals surface area (Å²) in [5.41, 5.74) is -3.84. The molecule has 0 atom stereocenters. The fourth-order valence-electron chi connectivity index (χ4n) is 0.982. The molecule has 0 saturated carbocycles. The topological polar surface area (TPSA) is 93.3 Å². The van der Waals surface area contributed by atoms with Crippen molar-refractivity contribution in [1.82, 2.24) is 4.98 Å². The zero-order chi connectivity index (χ0) is 12.5. The van der Waals surface area contributed by atoms with Gasteiger partial charge in [-0.25, -0.2) is 18.6 Å². The van der Waals surface area contributed by atoms with Crippen molar-refractivity contribution in [2.24, 2.45) is 0 Å². The number of hydrogen-bond donors (Lipinski definition) is 1. The zero-order valence-corrected chi connectivity index (χ0v) is 7.35. The second kappa shape index (κ2) is 4.13. The number of carboxylic acids is 1.